The number of carboxylic acid groups (broad SMARTS) is 1. The smallest absolute Gasteiger partial charge is 0.303 e. The molecule has 36 heavy (non-hydrogen) atoms. The highest BCUT2D eigenvalue weighted by atomic mass is 16.4. The van der Waals surface area contributed by atoms with Crippen LogP contribution in [0.2, 0.25) is 0 Å². The maximum absolute atomic E-state index is 10.5. The third-order valence-corrected chi connectivity index (χ3v) is 7.61. The molecule has 0 fully saturated rings. The molecule has 0 rings (SSSR count). The van der Waals surface area contributed by atoms with Crippen LogP contribution in [0.3, 0.4) is 0 Å². The number of aliphatic carboxylic acids is 1. The number of hydrogen-bond acceptors (Lipinski definition) is 2. The summed E-state index contributed by atoms with van der Waals surface area (Å²) in [6.45, 7) is 3.56. The summed E-state index contributed by atoms with van der Waals surface area (Å²) in [7, 11) is 4.44. The van der Waals surface area contributed by atoms with Crippen LogP contribution < -0.4 is 0 Å². The Hall–Kier alpha value is -0.830. The molecular weight excluding hydrogens is 442 g/mol. The lowest BCUT2D eigenvalue weighted by atomic mass is 9.91. The van der Waals surface area contributed by atoms with Gasteiger partial charge in [0.2, 0.25) is 0 Å². The van der Waals surface area contributed by atoms with Gasteiger partial charge < -0.3 is 10.0 Å². The fourth-order valence-electron chi connectivity index (χ4n) is 5.15. The summed E-state index contributed by atoms with van der Waals surface area (Å²) in [6, 6.07) is 0. The molecule has 0 aromatic carbocycles. The summed E-state index contributed by atoms with van der Waals surface area (Å²) < 4.78 is 0. The van der Waals surface area contributed by atoms with Gasteiger partial charge in [-0.3, -0.25) is 4.79 Å². The SMILES string of the molecule is CCCCCCCCC(CCCCCCCCCC/C=C\CCCCCCCC(=O)O)CCN(C)C. The molecule has 0 amide bonds. The van der Waals surface area contributed by atoms with Crippen LogP contribution in [-0.4, -0.2) is 36.6 Å². The summed E-state index contributed by atoms with van der Waals surface area (Å²) >= 11 is 0. The fourth-order valence-corrected chi connectivity index (χ4v) is 5.15. The van der Waals surface area contributed by atoms with E-state index in [2.05, 4.69) is 38.1 Å². The van der Waals surface area contributed by atoms with Gasteiger partial charge in [0, 0.05) is 6.42 Å². The lowest BCUT2D eigenvalue weighted by Crippen LogP contribution is -2.17. The molecule has 1 atom stereocenters. The first-order valence-corrected chi connectivity index (χ1v) is 16.1. The van der Waals surface area contributed by atoms with Gasteiger partial charge >= 0.3 is 5.97 Å². The first kappa shape index (κ1) is 35.2. The molecule has 0 aromatic rings. The minimum atomic E-state index is -0.661. The first-order chi connectivity index (χ1) is 17.6. The van der Waals surface area contributed by atoms with Crippen LogP contribution in [-0.2, 0) is 4.79 Å². The highest BCUT2D eigenvalue weighted by molar-refractivity contribution is 5.66. The Kier molecular flexibility index (Phi) is 28.1. The van der Waals surface area contributed by atoms with Gasteiger partial charge in [-0.05, 0) is 65.1 Å². The van der Waals surface area contributed by atoms with Gasteiger partial charge in [0.15, 0.2) is 0 Å². The second-order valence-corrected chi connectivity index (χ2v) is 11.6. The Labute approximate surface area is 226 Å². The topological polar surface area (TPSA) is 40.5 Å². The maximum atomic E-state index is 10.5. The molecule has 0 bridgehead atoms. The average molecular weight is 508 g/mol. The van der Waals surface area contributed by atoms with E-state index in [1.165, 1.54) is 148 Å². The molecule has 0 aliphatic carbocycles. The fraction of sp³-hybridized carbons (Fsp3) is 0.909. The lowest BCUT2D eigenvalue weighted by Gasteiger charge is -2.19. The maximum Gasteiger partial charge on any atom is 0.303 e. The monoisotopic (exact) mass is 508 g/mol. The van der Waals surface area contributed by atoms with E-state index >= 15 is 0 Å². The van der Waals surface area contributed by atoms with E-state index in [1.54, 1.807) is 0 Å². The minimum Gasteiger partial charge on any atom is -0.481 e. The Balaban J connectivity index is 3.51. The van der Waals surface area contributed by atoms with Crippen molar-refractivity contribution in [1.82, 2.24) is 4.90 Å². The predicted molar refractivity (Wildman–Crippen MR) is 160 cm³/mol. The molecule has 3 nitrogen and oxygen atoms in total. The molecule has 1 unspecified atom stereocenters. The third kappa shape index (κ3) is 29.4. The van der Waals surface area contributed by atoms with Crippen molar-refractivity contribution in [3.05, 3.63) is 12.2 Å². The van der Waals surface area contributed by atoms with Crippen LogP contribution in [0.25, 0.3) is 0 Å². The number of carbonyl (C=O) groups is 1. The van der Waals surface area contributed by atoms with Gasteiger partial charge in [0.05, 0.1) is 0 Å². The molecule has 0 aromatic heterocycles. The summed E-state index contributed by atoms with van der Waals surface area (Å²) in [5.41, 5.74) is 0. The van der Waals surface area contributed by atoms with Gasteiger partial charge in [-0.25, -0.2) is 0 Å². The van der Waals surface area contributed by atoms with Crippen LogP contribution >= 0.6 is 0 Å². The highest BCUT2D eigenvalue weighted by Crippen LogP contribution is 2.22. The molecule has 0 spiro atoms. The Morgan fingerprint density at radius 2 is 1.03 bits per heavy atom. The molecule has 0 heterocycles. The largest absolute Gasteiger partial charge is 0.481 e. The van der Waals surface area contributed by atoms with Crippen molar-refractivity contribution in [2.24, 2.45) is 5.92 Å². The number of unbranched alkanes of at least 4 members (excludes halogenated alkanes) is 18. The van der Waals surface area contributed by atoms with Gasteiger partial charge in [-0.2, -0.15) is 0 Å². The van der Waals surface area contributed by atoms with Crippen molar-refractivity contribution in [2.75, 3.05) is 20.6 Å². The second kappa shape index (κ2) is 28.7. The molecule has 0 aliphatic heterocycles. The molecular formula is C33H65NO2. The predicted octanol–water partition coefficient (Wildman–Crippen LogP) is 10.6. The van der Waals surface area contributed by atoms with E-state index in [4.69, 9.17) is 5.11 Å². The number of rotatable bonds is 29. The first-order valence-electron chi connectivity index (χ1n) is 16.1. The highest BCUT2D eigenvalue weighted by Gasteiger charge is 2.09. The average Bonchev–Trinajstić information content (AvgIpc) is 2.85. The number of hydrogen-bond donors (Lipinski definition) is 1. The van der Waals surface area contributed by atoms with E-state index in [1.807, 2.05) is 0 Å². The molecule has 0 radical (unpaired) electrons. The Morgan fingerprint density at radius 3 is 1.47 bits per heavy atom. The molecule has 0 aliphatic rings. The van der Waals surface area contributed by atoms with Gasteiger partial charge in [0.1, 0.15) is 0 Å². The van der Waals surface area contributed by atoms with Gasteiger partial charge in [0.25, 0.3) is 0 Å². The van der Waals surface area contributed by atoms with Gasteiger partial charge in [-0.1, -0.05) is 135 Å². The number of nitrogens with zero attached hydrogens (tertiary/aromatic N) is 1. The number of carboxylic acids is 1. The standard InChI is InChI=1S/C33H65NO2/c1-4-5-6-7-21-24-27-32(30-31-34(2)3)28-25-22-19-17-15-13-11-9-8-10-12-14-16-18-20-23-26-29-33(35)36/h10,12,32H,4-9,11,13-31H2,1-3H3,(H,35,36)/b12-10-. The van der Waals surface area contributed by atoms with Crippen molar-refractivity contribution in [2.45, 2.75) is 167 Å². The molecule has 3 heteroatoms. The molecule has 0 saturated carbocycles. The quantitative estimate of drug-likeness (QED) is 0.0808. The van der Waals surface area contributed by atoms with Gasteiger partial charge in [-0.15, -0.1) is 0 Å². The van der Waals surface area contributed by atoms with Crippen LogP contribution in [0.1, 0.15) is 167 Å². The van der Waals surface area contributed by atoms with Crippen molar-refractivity contribution >= 4 is 5.97 Å². The van der Waals surface area contributed by atoms with Crippen LogP contribution in [0.4, 0.5) is 0 Å². The molecule has 0 saturated heterocycles. The van der Waals surface area contributed by atoms with Crippen molar-refractivity contribution in [3.8, 4) is 0 Å². The van der Waals surface area contributed by atoms with Crippen LogP contribution in [0, 0.1) is 5.92 Å². The number of allylic oxidation sites excluding steroid dienone is 2. The molecule has 214 valence electrons. The van der Waals surface area contributed by atoms with E-state index in [0.29, 0.717) is 6.42 Å². The zero-order valence-corrected chi connectivity index (χ0v) is 24.9. The van der Waals surface area contributed by atoms with Crippen molar-refractivity contribution in [1.29, 1.82) is 0 Å². The van der Waals surface area contributed by atoms with Crippen LogP contribution in [0.15, 0.2) is 12.2 Å². The Bertz CT molecular complexity index is 474. The summed E-state index contributed by atoms with van der Waals surface area (Å²) in [6.07, 6.45) is 37.3. The summed E-state index contributed by atoms with van der Waals surface area (Å²) in [4.78, 5) is 12.8. The summed E-state index contributed by atoms with van der Waals surface area (Å²) in [5.74, 6) is 0.294. The Morgan fingerprint density at radius 1 is 0.611 bits per heavy atom. The normalized spacial score (nSPS) is 12.7. The van der Waals surface area contributed by atoms with Crippen molar-refractivity contribution in [3.63, 3.8) is 0 Å². The zero-order valence-electron chi connectivity index (χ0n) is 24.9. The van der Waals surface area contributed by atoms with Crippen LogP contribution in [0.5, 0.6) is 0 Å². The third-order valence-electron chi connectivity index (χ3n) is 7.61. The van der Waals surface area contributed by atoms with E-state index in [-0.39, 0.29) is 0 Å². The van der Waals surface area contributed by atoms with E-state index < -0.39 is 5.97 Å². The second-order valence-electron chi connectivity index (χ2n) is 11.6. The van der Waals surface area contributed by atoms with E-state index in [0.717, 1.165) is 18.8 Å². The zero-order chi connectivity index (χ0) is 26.5. The lowest BCUT2D eigenvalue weighted by molar-refractivity contribution is -0.137. The molecule has 1 N–H and O–H groups in total. The van der Waals surface area contributed by atoms with E-state index in [9.17, 15) is 4.79 Å². The van der Waals surface area contributed by atoms with Crippen molar-refractivity contribution < 1.29 is 9.90 Å². The minimum absolute atomic E-state index is 0.330. The summed E-state index contributed by atoms with van der Waals surface area (Å²) in [5, 5.41) is 8.63.